The Balaban J connectivity index is 1.87. The van der Waals surface area contributed by atoms with Gasteiger partial charge in [0.2, 0.25) is 0 Å². The van der Waals surface area contributed by atoms with Crippen molar-refractivity contribution in [3.63, 3.8) is 0 Å². The van der Waals surface area contributed by atoms with Crippen LogP contribution in [0, 0.1) is 5.82 Å². The van der Waals surface area contributed by atoms with Gasteiger partial charge >= 0.3 is 0 Å². The molecule has 0 saturated heterocycles. The molecule has 0 atom stereocenters. The molecule has 0 bridgehead atoms. The van der Waals surface area contributed by atoms with Gasteiger partial charge in [-0.05, 0) is 45.8 Å². The molecule has 1 heterocycles. The largest absolute Gasteiger partial charge is 0.380 e. The molecule has 2 nitrogen and oxygen atoms in total. The first-order valence-electron chi connectivity index (χ1n) is 6.25. The molecule has 0 fully saturated rings. The molecule has 0 spiro atoms. The fourth-order valence-corrected chi connectivity index (χ4v) is 2.62. The molecular weight excluding hydrogens is 319 g/mol. The molecule has 3 aromatic rings. The SMILES string of the molecule is Fc1ccc(NCc2cccc3cccnc23)c(Br)c1. The molecule has 4 heteroatoms. The number of nitrogens with one attached hydrogen (secondary N) is 1. The van der Waals surface area contributed by atoms with E-state index < -0.39 is 0 Å². The molecule has 100 valence electrons. The smallest absolute Gasteiger partial charge is 0.124 e. The summed E-state index contributed by atoms with van der Waals surface area (Å²) in [6, 6.07) is 14.7. The molecule has 20 heavy (non-hydrogen) atoms. The zero-order valence-corrected chi connectivity index (χ0v) is 12.2. The molecule has 1 aromatic heterocycles. The minimum atomic E-state index is -0.255. The predicted octanol–water partition coefficient (Wildman–Crippen LogP) is 4.75. The summed E-state index contributed by atoms with van der Waals surface area (Å²) in [6.45, 7) is 0.637. The van der Waals surface area contributed by atoms with Gasteiger partial charge in [0.05, 0.1) is 5.52 Å². The number of nitrogens with zero attached hydrogens (tertiary/aromatic N) is 1. The van der Waals surface area contributed by atoms with E-state index in [-0.39, 0.29) is 5.82 Å². The van der Waals surface area contributed by atoms with Crippen LogP contribution in [0.5, 0.6) is 0 Å². The van der Waals surface area contributed by atoms with E-state index in [0.29, 0.717) is 11.0 Å². The fourth-order valence-electron chi connectivity index (χ4n) is 2.13. The molecule has 0 aliphatic heterocycles. The van der Waals surface area contributed by atoms with Crippen molar-refractivity contribution in [3.05, 3.63) is 70.6 Å². The first-order valence-corrected chi connectivity index (χ1v) is 7.05. The highest BCUT2D eigenvalue weighted by molar-refractivity contribution is 9.10. The van der Waals surface area contributed by atoms with Gasteiger partial charge in [-0.3, -0.25) is 4.98 Å². The summed E-state index contributed by atoms with van der Waals surface area (Å²) >= 11 is 3.35. The summed E-state index contributed by atoms with van der Waals surface area (Å²) in [5.74, 6) is -0.255. The molecule has 0 saturated carbocycles. The Labute approximate surface area is 124 Å². The van der Waals surface area contributed by atoms with Crippen molar-refractivity contribution < 1.29 is 4.39 Å². The van der Waals surface area contributed by atoms with Gasteiger partial charge in [0, 0.05) is 28.3 Å². The Morgan fingerprint density at radius 3 is 2.80 bits per heavy atom. The monoisotopic (exact) mass is 330 g/mol. The van der Waals surface area contributed by atoms with Crippen molar-refractivity contribution in [1.82, 2.24) is 4.98 Å². The van der Waals surface area contributed by atoms with E-state index in [1.54, 1.807) is 12.3 Å². The van der Waals surface area contributed by atoms with Crippen LogP contribution in [0.25, 0.3) is 10.9 Å². The van der Waals surface area contributed by atoms with E-state index in [1.807, 2.05) is 30.3 Å². The molecule has 0 aliphatic rings. The van der Waals surface area contributed by atoms with E-state index >= 15 is 0 Å². The standard InChI is InChI=1S/C16H12BrFN2/c17-14-9-13(18)6-7-15(14)20-10-12-4-1-3-11-5-2-8-19-16(11)12/h1-9,20H,10H2. The number of para-hydroxylation sites is 1. The van der Waals surface area contributed by atoms with Crippen LogP contribution < -0.4 is 5.32 Å². The lowest BCUT2D eigenvalue weighted by atomic mass is 10.1. The zero-order chi connectivity index (χ0) is 13.9. The maximum absolute atomic E-state index is 13.1. The Bertz CT molecular complexity index is 753. The summed E-state index contributed by atoms with van der Waals surface area (Å²) < 4.78 is 13.8. The average Bonchev–Trinajstić information content (AvgIpc) is 2.46. The van der Waals surface area contributed by atoms with Crippen molar-refractivity contribution in [2.75, 3.05) is 5.32 Å². The molecular formula is C16H12BrFN2. The second-order valence-corrected chi connectivity index (χ2v) is 5.32. The van der Waals surface area contributed by atoms with E-state index in [4.69, 9.17) is 0 Å². The first kappa shape index (κ1) is 13.1. The molecule has 1 N–H and O–H groups in total. The third kappa shape index (κ3) is 2.65. The third-order valence-electron chi connectivity index (χ3n) is 3.12. The molecule has 0 aliphatic carbocycles. The number of fused-ring (bicyclic) bond motifs is 1. The Hall–Kier alpha value is -1.94. The third-order valence-corrected chi connectivity index (χ3v) is 3.77. The summed E-state index contributed by atoms with van der Waals surface area (Å²) in [6.07, 6.45) is 1.79. The number of anilines is 1. The molecule has 0 unspecified atom stereocenters. The predicted molar refractivity (Wildman–Crippen MR) is 83.2 cm³/mol. The maximum Gasteiger partial charge on any atom is 0.124 e. The number of aromatic nitrogens is 1. The second kappa shape index (κ2) is 5.59. The van der Waals surface area contributed by atoms with Crippen LogP contribution in [0.2, 0.25) is 0 Å². The van der Waals surface area contributed by atoms with Crippen LogP contribution >= 0.6 is 15.9 Å². The Kier molecular flexibility index (Phi) is 3.65. The number of hydrogen-bond donors (Lipinski definition) is 1. The van der Waals surface area contributed by atoms with E-state index in [0.717, 1.165) is 22.2 Å². The lowest BCUT2D eigenvalue weighted by Crippen LogP contribution is -2.01. The molecule has 2 aromatic carbocycles. The van der Waals surface area contributed by atoms with E-state index in [9.17, 15) is 4.39 Å². The summed E-state index contributed by atoms with van der Waals surface area (Å²) in [5, 5.41) is 4.41. The average molecular weight is 331 g/mol. The normalized spacial score (nSPS) is 10.7. The Morgan fingerprint density at radius 2 is 1.95 bits per heavy atom. The highest BCUT2D eigenvalue weighted by Gasteiger charge is 2.04. The highest BCUT2D eigenvalue weighted by Crippen LogP contribution is 2.24. The van der Waals surface area contributed by atoms with Crippen molar-refractivity contribution in [3.8, 4) is 0 Å². The lowest BCUT2D eigenvalue weighted by molar-refractivity contribution is 0.627. The number of rotatable bonds is 3. The minimum Gasteiger partial charge on any atom is -0.380 e. The number of benzene rings is 2. The van der Waals surface area contributed by atoms with Gasteiger partial charge in [-0.25, -0.2) is 4.39 Å². The molecule has 0 amide bonds. The van der Waals surface area contributed by atoms with Gasteiger partial charge in [0.15, 0.2) is 0 Å². The topological polar surface area (TPSA) is 24.9 Å². The minimum absolute atomic E-state index is 0.255. The van der Waals surface area contributed by atoms with Crippen molar-refractivity contribution >= 4 is 32.5 Å². The van der Waals surface area contributed by atoms with Crippen molar-refractivity contribution in [2.24, 2.45) is 0 Å². The molecule has 3 rings (SSSR count). The van der Waals surface area contributed by atoms with Crippen LogP contribution in [0.1, 0.15) is 5.56 Å². The van der Waals surface area contributed by atoms with Crippen molar-refractivity contribution in [1.29, 1.82) is 0 Å². The van der Waals surface area contributed by atoms with Crippen molar-refractivity contribution in [2.45, 2.75) is 6.54 Å². The van der Waals surface area contributed by atoms with Crippen LogP contribution in [0.15, 0.2) is 59.2 Å². The number of hydrogen-bond acceptors (Lipinski definition) is 2. The summed E-state index contributed by atoms with van der Waals surface area (Å²) in [5.41, 5.74) is 2.96. The van der Waals surface area contributed by atoms with Gasteiger partial charge in [0.25, 0.3) is 0 Å². The van der Waals surface area contributed by atoms with Crippen LogP contribution in [-0.4, -0.2) is 4.98 Å². The number of halogens is 2. The zero-order valence-electron chi connectivity index (χ0n) is 10.6. The Morgan fingerprint density at radius 1 is 1.10 bits per heavy atom. The fraction of sp³-hybridized carbons (Fsp3) is 0.0625. The van der Waals surface area contributed by atoms with Gasteiger partial charge in [0.1, 0.15) is 5.82 Å². The number of pyridine rings is 1. The van der Waals surface area contributed by atoms with E-state index in [2.05, 4.69) is 26.2 Å². The van der Waals surface area contributed by atoms with Gasteiger partial charge < -0.3 is 5.32 Å². The second-order valence-electron chi connectivity index (χ2n) is 4.47. The molecule has 0 radical (unpaired) electrons. The summed E-state index contributed by atoms with van der Waals surface area (Å²) in [4.78, 5) is 4.42. The van der Waals surface area contributed by atoms with Crippen LogP contribution in [0.4, 0.5) is 10.1 Å². The maximum atomic E-state index is 13.1. The van der Waals surface area contributed by atoms with Gasteiger partial charge in [-0.1, -0.05) is 24.3 Å². The summed E-state index contributed by atoms with van der Waals surface area (Å²) in [7, 11) is 0. The first-order chi connectivity index (χ1) is 9.74. The van der Waals surface area contributed by atoms with Gasteiger partial charge in [-0.2, -0.15) is 0 Å². The van der Waals surface area contributed by atoms with Gasteiger partial charge in [-0.15, -0.1) is 0 Å². The van der Waals surface area contributed by atoms with Crippen LogP contribution in [0.3, 0.4) is 0 Å². The van der Waals surface area contributed by atoms with E-state index in [1.165, 1.54) is 12.1 Å². The lowest BCUT2D eigenvalue weighted by Gasteiger charge is -2.10. The quantitative estimate of drug-likeness (QED) is 0.749. The van der Waals surface area contributed by atoms with Crippen LogP contribution in [-0.2, 0) is 6.54 Å². The highest BCUT2D eigenvalue weighted by atomic mass is 79.9.